The van der Waals surface area contributed by atoms with Gasteiger partial charge >= 0.3 is 5.97 Å². The van der Waals surface area contributed by atoms with Gasteiger partial charge in [-0.25, -0.2) is 14.5 Å². The van der Waals surface area contributed by atoms with Gasteiger partial charge in [0.05, 0.1) is 29.0 Å². The molecular formula is C24H23ClN4O3. The van der Waals surface area contributed by atoms with Gasteiger partial charge in [-0.05, 0) is 50.3 Å². The first-order valence-electron chi connectivity index (χ1n) is 10.2. The SMILES string of the molecule is Cc1nn(-c2ccccc2)c(C)c1C=CC(=O)OCc1nc2ccc(Cl)cc2n1CCO. The van der Waals surface area contributed by atoms with E-state index in [9.17, 15) is 9.90 Å². The Kier molecular flexibility index (Phi) is 6.39. The Balaban J connectivity index is 1.49. The fraction of sp³-hybridized carbons (Fsp3) is 0.208. The van der Waals surface area contributed by atoms with Crippen molar-refractivity contribution >= 4 is 34.7 Å². The van der Waals surface area contributed by atoms with Gasteiger partial charge in [-0.2, -0.15) is 5.10 Å². The molecule has 0 aliphatic heterocycles. The first-order chi connectivity index (χ1) is 15.5. The number of benzene rings is 2. The molecule has 0 aliphatic carbocycles. The zero-order chi connectivity index (χ0) is 22.7. The van der Waals surface area contributed by atoms with E-state index in [-0.39, 0.29) is 13.2 Å². The number of aliphatic hydroxyl groups is 1. The van der Waals surface area contributed by atoms with Gasteiger partial charge in [-0.15, -0.1) is 0 Å². The highest BCUT2D eigenvalue weighted by molar-refractivity contribution is 6.31. The maximum atomic E-state index is 12.4. The van der Waals surface area contributed by atoms with Crippen molar-refractivity contribution < 1.29 is 14.6 Å². The number of carbonyl (C=O) groups excluding carboxylic acids is 1. The van der Waals surface area contributed by atoms with Crippen LogP contribution in [-0.2, 0) is 22.7 Å². The van der Waals surface area contributed by atoms with Gasteiger partial charge in [0, 0.05) is 28.9 Å². The summed E-state index contributed by atoms with van der Waals surface area (Å²) in [5, 5.41) is 14.6. The van der Waals surface area contributed by atoms with Crippen molar-refractivity contribution in [1.29, 1.82) is 0 Å². The van der Waals surface area contributed by atoms with Gasteiger partial charge in [0.2, 0.25) is 0 Å². The van der Waals surface area contributed by atoms with E-state index < -0.39 is 5.97 Å². The number of nitrogens with zero attached hydrogens (tertiary/aromatic N) is 4. The smallest absolute Gasteiger partial charge is 0.331 e. The molecule has 0 atom stereocenters. The Hall–Kier alpha value is -3.42. The summed E-state index contributed by atoms with van der Waals surface area (Å²) in [5.41, 5.74) is 5.08. The molecule has 8 heteroatoms. The number of aromatic nitrogens is 4. The van der Waals surface area contributed by atoms with Crippen molar-refractivity contribution in [2.45, 2.75) is 27.0 Å². The molecule has 0 fully saturated rings. The average molecular weight is 451 g/mol. The molecule has 0 radical (unpaired) electrons. The summed E-state index contributed by atoms with van der Waals surface area (Å²) in [6.45, 7) is 4.11. The molecule has 0 amide bonds. The van der Waals surface area contributed by atoms with Crippen LogP contribution in [0, 0.1) is 13.8 Å². The minimum Gasteiger partial charge on any atom is -0.454 e. The lowest BCUT2D eigenvalue weighted by Crippen LogP contribution is -2.10. The van der Waals surface area contributed by atoms with Crippen LogP contribution in [-0.4, -0.2) is 37.0 Å². The first kappa shape index (κ1) is 21.8. The topological polar surface area (TPSA) is 82.2 Å². The van der Waals surface area contributed by atoms with Crippen molar-refractivity contribution in [2.75, 3.05) is 6.61 Å². The number of rotatable bonds is 7. The predicted octanol–water partition coefficient (Wildman–Crippen LogP) is 4.24. The number of para-hydroxylation sites is 1. The zero-order valence-corrected chi connectivity index (χ0v) is 18.6. The number of imidazole rings is 1. The van der Waals surface area contributed by atoms with E-state index in [0.717, 1.165) is 33.7 Å². The largest absolute Gasteiger partial charge is 0.454 e. The van der Waals surface area contributed by atoms with E-state index in [4.69, 9.17) is 16.3 Å². The molecule has 0 saturated heterocycles. The van der Waals surface area contributed by atoms with Crippen molar-refractivity contribution in [3.63, 3.8) is 0 Å². The number of fused-ring (bicyclic) bond motifs is 1. The van der Waals surface area contributed by atoms with E-state index in [1.807, 2.05) is 48.9 Å². The molecule has 0 spiro atoms. The van der Waals surface area contributed by atoms with Crippen LogP contribution in [0.15, 0.2) is 54.6 Å². The molecule has 1 N–H and O–H groups in total. The molecule has 164 valence electrons. The molecule has 32 heavy (non-hydrogen) atoms. The summed E-state index contributed by atoms with van der Waals surface area (Å²) in [4.78, 5) is 16.9. The summed E-state index contributed by atoms with van der Waals surface area (Å²) in [6, 6.07) is 15.1. The zero-order valence-electron chi connectivity index (χ0n) is 17.8. The van der Waals surface area contributed by atoms with Crippen molar-refractivity contribution in [3.8, 4) is 5.69 Å². The minimum absolute atomic E-state index is 0.0171. The van der Waals surface area contributed by atoms with Crippen LogP contribution in [0.1, 0.15) is 22.8 Å². The summed E-state index contributed by atoms with van der Waals surface area (Å²) < 4.78 is 9.07. The van der Waals surface area contributed by atoms with E-state index in [2.05, 4.69) is 10.1 Å². The quantitative estimate of drug-likeness (QED) is 0.336. The van der Waals surface area contributed by atoms with Gasteiger partial charge in [-0.1, -0.05) is 29.8 Å². The van der Waals surface area contributed by atoms with E-state index in [1.165, 1.54) is 6.08 Å². The van der Waals surface area contributed by atoms with E-state index >= 15 is 0 Å². The molecule has 2 aromatic heterocycles. The van der Waals surface area contributed by atoms with Crippen LogP contribution < -0.4 is 0 Å². The molecular weight excluding hydrogens is 428 g/mol. The van der Waals surface area contributed by atoms with Crippen LogP contribution in [0.2, 0.25) is 5.02 Å². The molecule has 2 heterocycles. The second kappa shape index (κ2) is 9.38. The van der Waals surface area contributed by atoms with Crippen LogP contribution in [0.5, 0.6) is 0 Å². The Morgan fingerprint density at radius 3 is 2.72 bits per heavy atom. The highest BCUT2D eigenvalue weighted by atomic mass is 35.5. The summed E-state index contributed by atoms with van der Waals surface area (Å²) in [5.74, 6) is 0.0548. The number of halogens is 1. The molecule has 0 saturated carbocycles. The van der Waals surface area contributed by atoms with Crippen LogP contribution in [0.4, 0.5) is 0 Å². The van der Waals surface area contributed by atoms with Gasteiger partial charge < -0.3 is 14.4 Å². The highest BCUT2D eigenvalue weighted by Gasteiger charge is 2.14. The van der Waals surface area contributed by atoms with Crippen molar-refractivity contribution in [3.05, 3.63) is 82.4 Å². The third-order valence-corrected chi connectivity index (χ3v) is 5.43. The lowest BCUT2D eigenvalue weighted by Gasteiger charge is -2.07. The number of hydrogen-bond acceptors (Lipinski definition) is 5. The Morgan fingerprint density at radius 2 is 1.97 bits per heavy atom. The van der Waals surface area contributed by atoms with Gasteiger partial charge in [-0.3, -0.25) is 0 Å². The molecule has 7 nitrogen and oxygen atoms in total. The summed E-state index contributed by atoms with van der Waals surface area (Å²) in [7, 11) is 0. The van der Waals surface area contributed by atoms with Crippen LogP contribution in [0.3, 0.4) is 0 Å². The Labute approximate surface area is 190 Å². The average Bonchev–Trinajstić information content (AvgIpc) is 3.28. The number of aryl methyl sites for hydroxylation is 1. The number of carbonyl (C=O) groups is 1. The highest BCUT2D eigenvalue weighted by Crippen LogP contribution is 2.22. The number of aliphatic hydroxyl groups excluding tert-OH is 1. The van der Waals surface area contributed by atoms with Crippen LogP contribution in [0.25, 0.3) is 22.8 Å². The third-order valence-electron chi connectivity index (χ3n) is 5.19. The van der Waals surface area contributed by atoms with Crippen molar-refractivity contribution in [2.24, 2.45) is 0 Å². The summed E-state index contributed by atoms with van der Waals surface area (Å²) >= 11 is 6.09. The monoisotopic (exact) mass is 450 g/mol. The Bertz CT molecular complexity index is 1290. The second-order valence-corrected chi connectivity index (χ2v) is 7.75. The first-order valence-corrected chi connectivity index (χ1v) is 10.6. The lowest BCUT2D eigenvalue weighted by atomic mass is 10.2. The number of ether oxygens (including phenoxy) is 1. The third kappa shape index (κ3) is 4.44. The predicted molar refractivity (Wildman–Crippen MR) is 124 cm³/mol. The van der Waals surface area contributed by atoms with Gasteiger partial charge in [0.15, 0.2) is 0 Å². The van der Waals surface area contributed by atoms with Gasteiger partial charge in [0.25, 0.3) is 0 Å². The van der Waals surface area contributed by atoms with E-state index in [0.29, 0.717) is 17.4 Å². The van der Waals surface area contributed by atoms with E-state index in [1.54, 1.807) is 28.8 Å². The second-order valence-electron chi connectivity index (χ2n) is 7.31. The molecule has 0 bridgehead atoms. The molecule has 2 aromatic carbocycles. The number of hydrogen-bond donors (Lipinski definition) is 1. The fourth-order valence-corrected chi connectivity index (χ4v) is 3.82. The standard InChI is InChI=1S/C24H23ClN4O3/c1-16-20(17(2)29(27-16)19-6-4-3-5-7-19)9-11-24(31)32-15-23-26-21-10-8-18(25)14-22(21)28(23)12-13-30/h3-11,14,30H,12-13,15H2,1-2H3. The molecule has 0 aliphatic rings. The molecule has 0 unspecified atom stereocenters. The lowest BCUT2D eigenvalue weighted by molar-refractivity contribution is -0.139. The Morgan fingerprint density at radius 1 is 1.19 bits per heavy atom. The minimum atomic E-state index is -0.489. The summed E-state index contributed by atoms with van der Waals surface area (Å²) in [6.07, 6.45) is 3.11. The van der Waals surface area contributed by atoms with Crippen LogP contribution >= 0.6 is 11.6 Å². The molecule has 4 aromatic rings. The molecule has 4 rings (SSSR count). The van der Waals surface area contributed by atoms with Crippen molar-refractivity contribution in [1.82, 2.24) is 19.3 Å². The van der Waals surface area contributed by atoms with Gasteiger partial charge in [0.1, 0.15) is 12.4 Å². The maximum Gasteiger partial charge on any atom is 0.331 e. The normalized spacial score (nSPS) is 11.5. The number of esters is 1. The fourth-order valence-electron chi connectivity index (χ4n) is 3.66. The maximum absolute atomic E-state index is 12.4.